The Labute approximate surface area is 78.5 Å². The summed E-state index contributed by atoms with van der Waals surface area (Å²) in [5.74, 6) is -0.678. The summed E-state index contributed by atoms with van der Waals surface area (Å²) in [7, 11) is 0. The zero-order valence-corrected chi connectivity index (χ0v) is 7.88. The van der Waals surface area contributed by atoms with E-state index >= 15 is 0 Å². The molecule has 1 heterocycles. The van der Waals surface area contributed by atoms with E-state index in [0.717, 1.165) is 13.0 Å². The van der Waals surface area contributed by atoms with Crippen molar-refractivity contribution >= 4 is 5.97 Å². The van der Waals surface area contributed by atoms with Gasteiger partial charge in [-0.15, -0.1) is 0 Å². The van der Waals surface area contributed by atoms with Gasteiger partial charge in [-0.3, -0.25) is 4.79 Å². The molecule has 0 unspecified atom stereocenters. The lowest BCUT2D eigenvalue weighted by atomic mass is 9.73. The van der Waals surface area contributed by atoms with Crippen LogP contribution in [0.3, 0.4) is 0 Å². The van der Waals surface area contributed by atoms with Gasteiger partial charge >= 0.3 is 5.97 Å². The monoisotopic (exact) mass is 183 g/mol. The molecule has 2 aliphatic rings. The number of rotatable bonds is 1. The highest BCUT2D eigenvalue weighted by Gasteiger charge is 2.41. The quantitative estimate of drug-likeness (QED) is 0.645. The molecule has 0 aromatic heterocycles. The lowest BCUT2D eigenvalue weighted by Gasteiger charge is -2.32. The van der Waals surface area contributed by atoms with Gasteiger partial charge in [0, 0.05) is 6.54 Å². The first-order valence-electron chi connectivity index (χ1n) is 5.18. The van der Waals surface area contributed by atoms with Crippen LogP contribution in [-0.2, 0) is 4.79 Å². The SMILES string of the molecule is O=C(O)[C@H]1CC2(CCCCC2)CN1. The summed E-state index contributed by atoms with van der Waals surface area (Å²) in [5, 5.41) is 12.0. The Morgan fingerprint density at radius 2 is 2.00 bits per heavy atom. The third-order valence-electron chi connectivity index (χ3n) is 3.57. The van der Waals surface area contributed by atoms with Crippen molar-refractivity contribution in [2.45, 2.75) is 44.6 Å². The lowest BCUT2D eigenvalue weighted by molar-refractivity contribution is -0.139. The van der Waals surface area contributed by atoms with E-state index in [1.54, 1.807) is 0 Å². The van der Waals surface area contributed by atoms with E-state index in [-0.39, 0.29) is 6.04 Å². The molecule has 2 N–H and O–H groups in total. The average Bonchev–Trinajstić information content (AvgIpc) is 2.51. The van der Waals surface area contributed by atoms with Gasteiger partial charge in [-0.25, -0.2) is 0 Å². The molecule has 13 heavy (non-hydrogen) atoms. The van der Waals surface area contributed by atoms with Crippen LogP contribution in [0.5, 0.6) is 0 Å². The summed E-state index contributed by atoms with van der Waals surface area (Å²) >= 11 is 0. The van der Waals surface area contributed by atoms with E-state index in [9.17, 15) is 4.79 Å². The van der Waals surface area contributed by atoms with Gasteiger partial charge in [0.2, 0.25) is 0 Å². The molecule has 1 atom stereocenters. The molecule has 0 aromatic rings. The molecule has 1 spiro atoms. The maximum atomic E-state index is 10.8. The van der Waals surface area contributed by atoms with Crippen LogP contribution in [0.2, 0.25) is 0 Å². The minimum atomic E-state index is -0.678. The Morgan fingerprint density at radius 3 is 2.54 bits per heavy atom. The van der Waals surface area contributed by atoms with Gasteiger partial charge in [0.15, 0.2) is 0 Å². The van der Waals surface area contributed by atoms with Crippen LogP contribution in [0.15, 0.2) is 0 Å². The van der Waals surface area contributed by atoms with Crippen molar-refractivity contribution in [2.24, 2.45) is 5.41 Å². The fourth-order valence-electron chi connectivity index (χ4n) is 2.77. The molecular weight excluding hydrogens is 166 g/mol. The summed E-state index contributed by atoms with van der Waals surface area (Å²) in [6.45, 7) is 0.921. The van der Waals surface area contributed by atoms with Crippen molar-refractivity contribution in [1.82, 2.24) is 5.32 Å². The Morgan fingerprint density at radius 1 is 1.31 bits per heavy atom. The third-order valence-corrected chi connectivity index (χ3v) is 3.57. The molecule has 3 nitrogen and oxygen atoms in total. The predicted octanol–water partition coefficient (Wildman–Crippen LogP) is 1.38. The second-order valence-electron chi connectivity index (χ2n) is 4.54. The highest BCUT2D eigenvalue weighted by Crippen LogP contribution is 2.42. The van der Waals surface area contributed by atoms with Crippen molar-refractivity contribution in [3.05, 3.63) is 0 Å². The van der Waals surface area contributed by atoms with Crippen LogP contribution in [0.25, 0.3) is 0 Å². The molecule has 2 fully saturated rings. The zero-order valence-electron chi connectivity index (χ0n) is 7.88. The number of aliphatic carboxylic acids is 1. The van der Waals surface area contributed by atoms with Gasteiger partial charge in [0.25, 0.3) is 0 Å². The normalized spacial score (nSPS) is 32.2. The minimum Gasteiger partial charge on any atom is -0.480 e. The maximum Gasteiger partial charge on any atom is 0.320 e. The van der Waals surface area contributed by atoms with E-state index < -0.39 is 5.97 Å². The summed E-state index contributed by atoms with van der Waals surface area (Å²) in [5.41, 5.74) is 0.335. The Balaban J connectivity index is 1.98. The maximum absolute atomic E-state index is 10.8. The number of nitrogens with one attached hydrogen (secondary N) is 1. The van der Waals surface area contributed by atoms with Gasteiger partial charge in [-0.2, -0.15) is 0 Å². The second kappa shape index (κ2) is 3.29. The van der Waals surface area contributed by atoms with Crippen LogP contribution in [-0.4, -0.2) is 23.7 Å². The van der Waals surface area contributed by atoms with E-state index in [0.29, 0.717) is 5.41 Å². The number of carboxylic acids is 1. The van der Waals surface area contributed by atoms with Crippen molar-refractivity contribution in [3.63, 3.8) is 0 Å². The van der Waals surface area contributed by atoms with Crippen LogP contribution in [0.4, 0.5) is 0 Å². The van der Waals surface area contributed by atoms with Crippen molar-refractivity contribution in [2.75, 3.05) is 6.54 Å². The molecule has 0 amide bonds. The molecule has 3 heteroatoms. The molecule has 0 bridgehead atoms. The van der Waals surface area contributed by atoms with Crippen LogP contribution in [0, 0.1) is 5.41 Å². The number of carboxylic acid groups (broad SMARTS) is 1. The Hall–Kier alpha value is -0.570. The van der Waals surface area contributed by atoms with Crippen molar-refractivity contribution in [3.8, 4) is 0 Å². The molecule has 74 valence electrons. The highest BCUT2D eigenvalue weighted by molar-refractivity contribution is 5.74. The first-order chi connectivity index (χ1) is 6.22. The first-order valence-corrected chi connectivity index (χ1v) is 5.18. The fraction of sp³-hybridized carbons (Fsp3) is 0.900. The molecule has 1 aliphatic heterocycles. The summed E-state index contributed by atoms with van der Waals surface area (Å²) in [4.78, 5) is 10.8. The predicted molar refractivity (Wildman–Crippen MR) is 49.6 cm³/mol. The van der Waals surface area contributed by atoms with Gasteiger partial charge in [-0.05, 0) is 24.7 Å². The fourth-order valence-corrected chi connectivity index (χ4v) is 2.77. The smallest absolute Gasteiger partial charge is 0.320 e. The summed E-state index contributed by atoms with van der Waals surface area (Å²) in [6, 6.07) is -0.280. The lowest BCUT2D eigenvalue weighted by Crippen LogP contribution is -2.30. The van der Waals surface area contributed by atoms with E-state index in [4.69, 9.17) is 5.11 Å². The zero-order chi connectivity index (χ0) is 9.31. The molecular formula is C10H17NO2. The van der Waals surface area contributed by atoms with Gasteiger partial charge in [0.05, 0.1) is 0 Å². The summed E-state index contributed by atoms with van der Waals surface area (Å²) < 4.78 is 0. The molecule has 1 saturated carbocycles. The Kier molecular flexibility index (Phi) is 2.28. The molecule has 0 aromatic carbocycles. The molecule has 1 aliphatic carbocycles. The minimum absolute atomic E-state index is 0.280. The Bertz CT molecular complexity index is 209. The number of carbonyl (C=O) groups is 1. The highest BCUT2D eigenvalue weighted by atomic mass is 16.4. The first kappa shape index (κ1) is 9.00. The largest absolute Gasteiger partial charge is 0.480 e. The van der Waals surface area contributed by atoms with Crippen molar-refractivity contribution < 1.29 is 9.90 Å². The summed E-state index contributed by atoms with van der Waals surface area (Å²) in [6.07, 6.45) is 7.21. The second-order valence-corrected chi connectivity index (χ2v) is 4.54. The van der Waals surface area contributed by atoms with Gasteiger partial charge in [0.1, 0.15) is 6.04 Å². The standard InChI is InChI=1S/C10H17NO2/c12-9(13)8-6-10(7-11-8)4-2-1-3-5-10/h8,11H,1-7H2,(H,12,13)/t8-/m1/s1. The topological polar surface area (TPSA) is 49.3 Å². The van der Waals surface area contributed by atoms with E-state index in [2.05, 4.69) is 5.32 Å². The molecule has 0 radical (unpaired) electrons. The van der Waals surface area contributed by atoms with E-state index in [1.165, 1.54) is 32.1 Å². The number of hydrogen-bond donors (Lipinski definition) is 2. The van der Waals surface area contributed by atoms with Gasteiger partial charge in [-0.1, -0.05) is 19.3 Å². The van der Waals surface area contributed by atoms with Crippen LogP contribution < -0.4 is 5.32 Å². The van der Waals surface area contributed by atoms with E-state index in [1.807, 2.05) is 0 Å². The third kappa shape index (κ3) is 1.70. The van der Waals surface area contributed by atoms with Crippen LogP contribution in [0.1, 0.15) is 38.5 Å². The van der Waals surface area contributed by atoms with Crippen molar-refractivity contribution in [1.29, 1.82) is 0 Å². The molecule has 2 rings (SSSR count). The molecule has 1 saturated heterocycles. The van der Waals surface area contributed by atoms with Crippen LogP contribution >= 0.6 is 0 Å². The van der Waals surface area contributed by atoms with Gasteiger partial charge < -0.3 is 10.4 Å². The number of hydrogen-bond acceptors (Lipinski definition) is 2. The average molecular weight is 183 g/mol.